The molecule has 1 saturated carbocycles. The van der Waals surface area contributed by atoms with Crippen molar-refractivity contribution in [1.82, 2.24) is 5.32 Å². The Morgan fingerprint density at radius 1 is 1.13 bits per heavy atom. The molecule has 0 aromatic rings. The maximum Gasteiger partial charge on any atom is 0.00698 e. The summed E-state index contributed by atoms with van der Waals surface area (Å²) < 4.78 is 0. The molecule has 2 unspecified atom stereocenters. The molecule has 1 N–H and O–H groups in total. The van der Waals surface area contributed by atoms with Crippen LogP contribution in [0.4, 0.5) is 0 Å². The minimum Gasteiger partial charge on any atom is -0.314 e. The third-order valence-electron chi connectivity index (χ3n) is 4.11. The molecule has 0 spiro atoms. The van der Waals surface area contributed by atoms with Crippen LogP contribution in [0.2, 0.25) is 0 Å². The molecule has 1 nitrogen and oxygen atoms in total. The van der Waals surface area contributed by atoms with E-state index in [4.69, 9.17) is 0 Å². The Bertz CT molecular complexity index is 151. The van der Waals surface area contributed by atoms with Crippen LogP contribution in [-0.2, 0) is 0 Å². The summed E-state index contributed by atoms with van der Waals surface area (Å²) in [5.41, 5.74) is 0. The summed E-state index contributed by atoms with van der Waals surface area (Å²) in [6.07, 6.45) is 9.80. The normalized spacial score (nSPS) is 27.2. The molecule has 1 aliphatic rings. The smallest absolute Gasteiger partial charge is 0.00698 e. The summed E-state index contributed by atoms with van der Waals surface area (Å²) in [5, 5.41) is 3.70. The second-order valence-corrected chi connectivity index (χ2v) is 5.15. The average Bonchev–Trinajstić information content (AvgIpc) is 2.29. The Morgan fingerprint density at radius 2 is 1.87 bits per heavy atom. The first-order chi connectivity index (χ1) is 7.31. The van der Waals surface area contributed by atoms with Crippen molar-refractivity contribution in [2.45, 2.75) is 71.8 Å². The highest BCUT2D eigenvalue weighted by molar-refractivity contribution is 4.81. The molecule has 0 aliphatic heterocycles. The first-order valence-electron chi connectivity index (χ1n) is 7.05. The van der Waals surface area contributed by atoms with Crippen molar-refractivity contribution in [1.29, 1.82) is 0 Å². The molecule has 1 fully saturated rings. The van der Waals surface area contributed by atoms with E-state index < -0.39 is 0 Å². The molecular weight excluding hydrogens is 182 g/mol. The zero-order valence-corrected chi connectivity index (χ0v) is 10.9. The molecule has 0 saturated heterocycles. The quantitative estimate of drug-likeness (QED) is 0.700. The topological polar surface area (TPSA) is 12.0 Å². The van der Waals surface area contributed by atoms with E-state index in [1.54, 1.807) is 0 Å². The van der Waals surface area contributed by atoms with Crippen molar-refractivity contribution >= 4 is 0 Å². The Balaban J connectivity index is 2.33. The molecule has 0 amide bonds. The van der Waals surface area contributed by atoms with Crippen molar-refractivity contribution in [2.75, 3.05) is 6.54 Å². The van der Waals surface area contributed by atoms with E-state index in [1.165, 1.54) is 51.5 Å². The molecule has 15 heavy (non-hydrogen) atoms. The summed E-state index contributed by atoms with van der Waals surface area (Å²) in [6, 6.07) is 0.823. The molecule has 2 atom stereocenters. The van der Waals surface area contributed by atoms with Gasteiger partial charge in [-0.3, -0.25) is 0 Å². The molecule has 90 valence electrons. The minimum absolute atomic E-state index is 0.823. The van der Waals surface area contributed by atoms with Gasteiger partial charge in [-0.1, -0.05) is 46.5 Å². The van der Waals surface area contributed by atoms with E-state index in [2.05, 4.69) is 26.1 Å². The van der Waals surface area contributed by atoms with E-state index in [0.717, 1.165) is 17.9 Å². The van der Waals surface area contributed by atoms with E-state index in [9.17, 15) is 0 Å². The number of hydrogen-bond donors (Lipinski definition) is 1. The number of nitrogens with one attached hydrogen (secondary N) is 1. The summed E-state index contributed by atoms with van der Waals surface area (Å²) >= 11 is 0. The highest BCUT2D eigenvalue weighted by Gasteiger charge is 2.25. The Labute approximate surface area is 96.0 Å². The van der Waals surface area contributed by atoms with Crippen LogP contribution in [0.5, 0.6) is 0 Å². The third kappa shape index (κ3) is 4.14. The predicted molar refractivity (Wildman–Crippen MR) is 68.1 cm³/mol. The first kappa shape index (κ1) is 13.0. The van der Waals surface area contributed by atoms with E-state index in [0.29, 0.717) is 0 Å². The molecule has 1 heteroatoms. The fourth-order valence-electron chi connectivity index (χ4n) is 3.14. The van der Waals surface area contributed by atoms with Crippen LogP contribution in [0.1, 0.15) is 65.7 Å². The zero-order valence-electron chi connectivity index (χ0n) is 10.9. The van der Waals surface area contributed by atoms with Crippen LogP contribution >= 0.6 is 0 Å². The lowest BCUT2D eigenvalue weighted by Gasteiger charge is -2.34. The molecule has 0 radical (unpaired) electrons. The maximum atomic E-state index is 3.70. The standard InChI is InChI=1S/C14H29N/c1-4-10-15-14-9-7-8-13(11-14)12(5-2)6-3/h12-15H,4-11H2,1-3H3. The monoisotopic (exact) mass is 211 g/mol. The van der Waals surface area contributed by atoms with Gasteiger partial charge in [0.25, 0.3) is 0 Å². The van der Waals surface area contributed by atoms with E-state index in [1.807, 2.05) is 0 Å². The summed E-state index contributed by atoms with van der Waals surface area (Å²) in [5.74, 6) is 1.99. The molecule has 0 bridgehead atoms. The average molecular weight is 211 g/mol. The van der Waals surface area contributed by atoms with Gasteiger partial charge in [-0.2, -0.15) is 0 Å². The Hall–Kier alpha value is -0.0400. The first-order valence-corrected chi connectivity index (χ1v) is 7.05. The van der Waals surface area contributed by atoms with Crippen LogP contribution in [0, 0.1) is 11.8 Å². The molecular formula is C14H29N. The second-order valence-electron chi connectivity index (χ2n) is 5.15. The van der Waals surface area contributed by atoms with Gasteiger partial charge in [0.2, 0.25) is 0 Å². The molecule has 1 aliphatic carbocycles. The van der Waals surface area contributed by atoms with Gasteiger partial charge in [0.1, 0.15) is 0 Å². The molecule has 0 aromatic heterocycles. The van der Waals surface area contributed by atoms with Gasteiger partial charge in [-0.15, -0.1) is 0 Å². The second kappa shape index (κ2) is 7.27. The van der Waals surface area contributed by atoms with Crippen molar-refractivity contribution in [2.24, 2.45) is 11.8 Å². The van der Waals surface area contributed by atoms with Gasteiger partial charge in [0.15, 0.2) is 0 Å². The number of rotatable bonds is 6. The van der Waals surface area contributed by atoms with Crippen molar-refractivity contribution in [3.63, 3.8) is 0 Å². The Kier molecular flexibility index (Phi) is 6.31. The third-order valence-corrected chi connectivity index (χ3v) is 4.11. The lowest BCUT2D eigenvalue weighted by atomic mass is 9.76. The van der Waals surface area contributed by atoms with Gasteiger partial charge in [-0.05, 0) is 37.6 Å². The van der Waals surface area contributed by atoms with Crippen molar-refractivity contribution < 1.29 is 0 Å². The van der Waals surface area contributed by atoms with Crippen LogP contribution in [-0.4, -0.2) is 12.6 Å². The summed E-state index contributed by atoms with van der Waals surface area (Å²) in [4.78, 5) is 0. The summed E-state index contributed by atoms with van der Waals surface area (Å²) in [7, 11) is 0. The van der Waals surface area contributed by atoms with Gasteiger partial charge >= 0.3 is 0 Å². The molecule has 1 rings (SSSR count). The highest BCUT2D eigenvalue weighted by Crippen LogP contribution is 2.33. The SMILES string of the molecule is CCCNC1CCCC(C(CC)CC)C1. The largest absolute Gasteiger partial charge is 0.314 e. The van der Waals surface area contributed by atoms with Crippen molar-refractivity contribution in [3.05, 3.63) is 0 Å². The highest BCUT2D eigenvalue weighted by atomic mass is 14.9. The van der Waals surface area contributed by atoms with Gasteiger partial charge in [0, 0.05) is 6.04 Å². The minimum atomic E-state index is 0.823. The van der Waals surface area contributed by atoms with Gasteiger partial charge in [0.05, 0.1) is 0 Å². The summed E-state index contributed by atoms with van der Waals surface area (Å²) in [6.45, 7) is 8.18. The fraction of sp³-hybridized carbons (Fsp3) is 1.00. The van der Waals surface area contributed by atoms with Crippen LogP contribution in [0.25, 0.3) is 0 Å². The van der Waals surface area contributed by atoms with E-state index in [-0.39, 0.29) is 0 Å². The lowest BCUT2D eigenvalue weighted by molar-refractivity contribution is 0.201. The zero-order chi connectivity index (χ0) is 11.1. The van der Waals surface area contributed by atoms with Gasteiger partial charge in [-0.25, -0.2) is 0 Å². The molecule has 0 heterocycles. The Morgan fingerprint density at radius 3 is 2.47 bits per heavy atom. The fourth-order valence-corrected chi connectivity index (χ4v) is 3.14. The molecule has 0 aromatic carbocycles. The van der Waals surface area contributed by atoms with Crippen LogP contribution < -0.4 is 5.32 Å². The number of hydrogen-bond acceptors (Lipinski definition) is 1. The predicted octanol–water partition coefficient (Wildman–Crippen LogP) is 3.98. The maximum absolute atomic E-state index is 3.70. The lowest BCUT2D eigenvalue weighted by Crippen LogP contribution is -2.36. The van der Waals surface area contributed by atoms with E-state index >= 15 is 0 Å². The van der Waals surface area contributed by atoms with Gasteiger partial charge < -0.3 is 5.32 Å². The van der Waals surface area contributed by atoms with Crippen molar-refractivity contribution in [3.8, 4) is 0 Å². The van der Waals surface area contributed by atoms with Crippen LogP contribution in [0.3, 0.4) is 0 Å². The van der Waals surface area contributed by atoms with Crippen LogP contribution in [0.15, 0.2) is 0 Å².